The molecular formula is C9H19NO. The average Bonchev–Trinajstić information content (AvgIpc) is 1.86. The number of β-amino-alcohol motifs (C(OH)–C–C–N with tert-alkyl or cyclic N) is 1. The van der Waals surface area contributed by atoms with Crippen LogP contribution < -0.4 is 0 Å². The van der Waals surface area contributed by atoms with Crippen molar-refractivity contribution in [1.29, 1.82) is 0 Å². The van der Waals surface area contributed by atoms with Gasteiger partial charge in [0.1, 0.15) is 0 Å². The normalized spacial score (nSPS) is 28.9. The summed E-state index contributed by atoms with van der Waals surface area (Å²) in [6.07, 6.45) is 2.02. The molecule has 1 heterocycles. The number of rotatable bonds is 0. The second-order valence-electron chi connectivity index (χ2n) is 4.41. The van der Waals surface area contributed by atoms with Crippen LogP contribution in [0.4, 0.5) is 0 Å². The fraction of sp³-hybridized carbons (Fsp3) is 1.00. The first kappa shape index (κ1) is 9.01. The van der Waals surface area contributed by atoms with Gasteiger partial charge in [-0.1, -0.05) is 0 Å². The zero-order valence-corrected chi connectivity index (χ0v) is 7.80. The highest BCUT2D eigenvalue weighted by molar-refractivity contribution is 4.81. The fourth-order valence-corrected chi connectivity index (χ4v) is 1.56. The lowest BCUT2D eigenvalue weighted by Crippen LogP contribution is -2.48. The van der Waals surface area contributed by atoms with E-state index in [2.05, 4.69) is 25.7 Å². The number of hydrogen-bond acceptors (Lipinski definition) is 2. The predicted molar refractivity (Wildman–Crippen MR) is 46.6 cm³/mol. The van der Waals surface area contributed by atoms with Crippen molar-refractivity contribution in [3.05, 3.63) is 0 Å². The van der Waals surface area contributed by atoms with Gasteiger partial charge in [0.15, 0.2) is 0 Å². The van der Waals surface area contributed by atoms with E-state index in [0.717, 1.165) is 25.9 Å². The van der Waals surface area contributed by atoms with Crippen LogP contribution in [0.5, 0.6) is 0 Å². The van der Waals surface area contributed by atoms with E-state index >= 15 is 0 Å². The van der Waals surface area contributed by atoms with Crippen LogP contribution in [0.2, 0.25) is 0 Å². The molecule has 0 aromatic rings. The van der Waals surface area contributed by atoms with E-state index in [0.29, 0.717) is 0 Å². The van der Waals surface area contributed by atoms with Crippen molar-refractivity contribution in [3.8, 4) is 0 Å². The third-order valence-corrected chi connectivity index (χ3v) is 2.35. The van der Waals surface area contributed by atoms with Crippen LogP contribution in [0, 0.1) is 0 Å². The van der Waals surface area contributed by atoms with Crippen LogP contribution in [0.25, 0.3) is 0 Å². The summed E-state index contributed by atoms with van der Waals surface area (Å²) in [4.78, 5) is 2.35. The monoisotopic (exact) mass is 157 g/mol. The van der Waals surface area contributed by atoms with Gasteiger partial charge in [0.25, 0.3) is 0 Å². The molecule has 1 aliphatic rings. The second kappa shape index (κ2) is 3.11. The minimum atomic E-state index is -0.0945. The molecule has 0 radical (unpaired) electrons. The van der Waals surface area contributed by atoms with Crippen LogP contribution in [0.15, 0.2) is 0 Å². The maximum Gasteiger partial charge on any atom is 0.0667 e. The maximum atomic E-state index is 9.40. The highest BCUT2D eigenvalue weighted by Gasteiger charge is 2.26. The Morgan fingerprint density at radius 3 is 2.36 bits per heavy atom. The van der Waals surface area contributed by atoms with Gasteiger partial charge in [0.2, 0.25) is 0 Å². The topological polar surface area (TPSA) is 23.5 Å². The molecule has 0 bridgehead atoms. The highest BCUT2D eigenvalue weighted by Crippen LogP contribution is 2.19. The van der Waals surface area contributed by atoms with Crippen molar-refractivity contribution in [2.45, 2.75) is 45.3 Å². The van der Waals surface area contributed by atoms with Crippen LogP contribution in [0.1, 0.15) is 33.6 Å². The minimum absolute atomic E-state index is 0.0945. The van der Waals surface area contributed by atoms with Gasteiger partial charge in [-0.15, -0.1) is 0 Å². The van der Waals surface area contributed by atoms with Crippen molar-refractivity contribution in [2.75, 3.05) is 13.1 Å². The van der Waals surface area contributed by atoms with Gasteiger partial charge in [-0.05, 0) is 40.2 Å². The van der Waals surface area contributed by atoms with E-state index < -0.39 is 0 Å². The molecule has 0 amide bonds. The molecule has 0 aliphatic carbocycles. The summed E-state index contributed by atoms with van der Waals surface area (Å²) in [6.45, 7) is 8.59. The molecule has 0 saturated carbocycles. The van der Waals surface area contributed by atoms with Crippen molar-refractivity contribution in [3.63, 3.8) is 0 Å². The number of nitrogens with zero attached hydrogens (tertiary/aromatic N) is 1. The molecule has 1 aliphatic heterocycles. The van der Waals surface area contributed by atoms with E-state index in [1.807, 2.05) is 0 Å². The van der Waals surface area contributed by atoms with Gasteiger partial charge >= 0.3 is 0 Å². The number of aliphatic hydroxyl groups excluding tert-OH is 1. The Morgan fingerprint density at radius 2 is 2.00 bits per heavy atom. The third-order valence-electron chi connectivity index (χ3n) is 2.35. The Hall–Kier alpha value is -0.0800. The van der Waals surface area contributed by atoms with Gasteiger partial charge in [0.05, 0.1) is 6.10 Å². The zero-order valence-electron chi connectivity index (χ0n) is 7.80. The summed E-state index contributed by atoms with van der Waals surface area (Å²) >= 11 is 0. The second-order valence-corrected chi connectivity index (χ2v) is 4.41. The molecule has 0 spiro atoms. The van der Waals surface area contributed by atoms with Crippen LogP contribution in [-0.4, -0.2) is 34.7 Å². The SMILES string of the molecule is CC(C)(C)N1CCCC(O)C1. The molecule has 2 nitrogen and oxygen atoms in total. The number of aliphatic hydroxyl groups is 1. The summed E-state index contributed by atoms with van der Waals surface area (Å²) in [5.74, 6) is 0. The first-order valence-electron chi connectivity index (χ1n) is 4.43. The number of piperidine rings is 1. The minimum Gasteiger partial charge on any atom is -0.392 e. The Bertz CT molecular complexity index is 128. The van der Waals surface area contributed by atoms with Gasteiger partial charge in [-0.25, -0.2) is 0 Å². The van der Waals surface area contributed by atoms with Gasteiger partial charge in [-0.2, -0.15) is 0 Å². The summed E-state index contributed by atoms with van der Waals surface area (Å²) in [5.41, 5.74) is 0.224. The Morgan fingerprint density at radius 1 is 1.36 bits per heavy atom. The first-order valence-corrected chi connectivity index (χ1v) is 4.43. The van der Waals surface area contributed by atoms with Crippen molar-refractivity contribution < 1.29 is 5.11 Å². The lowest BCUT2D eigenvalue weighted by molar-refractivity contribution is 0.0224. The Balaban J connectivity index is 2.46. The lowest BCUT2D eigenvalue weighted by atomic mass is 10.00. The molecule has 1 N–H and O–H groups in total. The Labute approximate surface area is 69.2 Å². The summed E-state index contributed by atoms with van der Waals surface area (Å²) in [5, 5.41) is 9.40. The number of hydrogen-bond donors (Lipinski definition) is 1. The largest absolute Gasteiger partial charge is 0.392 e. The summed E-state index contributed by atoms with van der Waals surface area (Å²) < 4.78 is 0. The standard InChI is InChI=1S/C9H19NO/c1-9(2,3)10-6-4-5-8(11)7-10/h8,11H,4-7H2,1-3H3. The van der Waals surface area contributed by atoms with Crippen LogP contribution in [-0.2, 0) is 0 Å². The highest BCUT2D eigenvalue weighted by atomic mass is 16.3. The molecule has 1 rings (SSSR count). The van der Waals surface area contributed by atoms with Crippen LogP contribution >= 0.6 is 0 Å². The van der Waals surface area contributed by atoms with E-state index in [1.54, 1.807) is 0 Å². The first-order chi connectivity index (χ1) is 5.00. The van der Waals surface area contributed by atoms with Gasteiger partial charge < -0.3 is 5.11 Å². The molecule has 2 heteroatoms. The summed E-state index contributed by atoms with van der Waals surface area (Å²) in [7, 11) is 0. The predicted octanol–water partition coefficient (Wildman–Crippen LogP) is 1.24. The molecule has 1 fully saturated rings. The van der Waals surface area contributed by atoms with Gasteiger partial charge in [-0.3, -0.25) is 4.90 Å². The lowest BCUT2D eigenvalue weighted by Gasteiger charge is -2.40. The zero-order chi connectivity index (χ0) is 8.48. The van der Waals surface area contributed by atoms with E-state index in [1.165, 1.54) is 0 Å². The van der Waals surface area contributed by atoms with Crippen LogP contribution in [0.3, 0.4) is 0 Å². The van der Waals surface area contributed by atoms with E-state index in [4.69, 9.17) is 0 Å². The molecule has 0 aromatic heterocycles. The molecule has 0 aromatic carbocycles. The molecule has 66 valence electrons. The van der Waals surface area contributed by atoms with Crippen molar-refractivity contribution in [1.82, 2.24) is 4.90 Å². The van der Waals surface area contributed by atoms with Crippen molar-refractivity contribution in [2.24, 2.45) is 0 Å². The summed E-state index contributed by atoms with van der Waals surface area (Å²) in [6, 6.07) is 0. The van der Waals surface area contributed by atoms with E-state index in [9.17, 15) is 5.11 Å². The van der Waals surface area contributed by atoms with E-state index in [-0.39, 0.29) is 11.6 Å². The maximum absolute atomic E-state index is 9.40. The van der Waals surface area contributed by atoms with Crippen molar-refractivity contribution >= 4 is 0 Å². The average molecular weight is 157 g/mol. The quantitative estimate of drug-likeness (QED) is 0.572. The molecule has 1 saturated heterocycles. The fourth-order valence-electron chi connectivity index (χ4n) is 1.56. The smallest absolute Gasteiger partial charge is 0.0667 e. The van der Waals surface area contributed by atoms with Gasteiger partial charge in [0, 0.05) is 12.1 Å². The molecule has 1 unspecified atom stereocenters. The third kappa shape index (κ3) is 2.46. The molecule has 1 atom stereocenters. The molecule has 11 heavy (non-hydrogen) atoms. The molecular weight excluding hydrogens is 138 g/mol. The number of likely N-dealkylation sites (tertiary alicyclic amines) is 1. The Kier molecular flexibility index (Phi) is 2.55.